The summed E-state index contributed by atoms with van der Waals surface area (Å²) in [6.07, 6.45) is 7.97. The van der Waals surface area contributed by atoms with E-state index in [1.54, 1.807) is 23.5 Å². The van der Waals surface area contributed by atoms with E-state index in [1.165, 1.54) is 13.5 Å². The molecule has 2 unspecified atom stereocenters. The van der Waals surface area contributed by atoms with E-state index in [0.717, 1.165) is 65.8 Å². The van der Waals surface area contributed by atoms with Gasteiger partial charge in [0.1, 0.15) is 11.6 Å². The summed E-state index contributed by atoms with van der Waals surface area (Å²) in [5.74, 6) is -0.492. The Morgan fingerprint density at radius 1 is 0.973 bits per heavy atom. The van der Waals surface area contributed by atoms with Crippen LogP contribution in [0.2, 0.25) is 0 Å². The van der Waals surface area contributed by atoms with E-state index in [4.69, 9.17) is 9.72 Å². The van der Waals surface area contributed by atoms with Gasteiger partial charge in [-0.25, -0.2) is 18.6 Å². The topological polar surface area (TPSA) is 80.3 Å². The van der Waals surface area contributed by atoms with Crippen LogP contribution in [-0.4, -0.2) is 24.1 Å². The zero-order valence-electron chi connectivity index (χ0n) is 20.4. The second-order valence-corrected chi connectivity index (χ2v) is 11.9. The van der Waals surface area contributed by atoms with Crippen LogP contribution >= 0.6 is 11.3 Å². The lowest BCUT2D eigenvalue weighted by Crippen LogP contribution is -2.57. The normalized spacial score (nSPS) is 27.6. The molecule has 0 saturated heterocycles. The number of methoxy groups -OCH3 is 1. The smallest absolute Gasteiger partial charge is 0.323 e. The van der Waals surface area contributed by atoms with E-state index in [0.29, 0.717) is 17.5 Å². The number of nitrogens with zero attached hydrogens (tertiary/aromatic N) is 1. The van der Waals surface area contributed by atoms with Crippen LogP contribution < -0.4 is 10.6 Å². The van der Waals surface area contributed by atoms with Crippen molar-refractivity contribution in [2.24, 2.45) is 17.3 Å². The molecule has 9 heteroatoms. The molecule has 4 fully saturated rings. The molecule has 2 atom stereocenters. The van der Waals surface area contributed by atoms with Gasteiger partial charge in [-0.3, -0.25) is 4.79 Å². The largest absolute Gasteiger partial charge is 0.469 e. The number of urea groups is 1. The van der Waals surface area contributed by atoms with Crippen LogP contribution in [0.5, 0.6) is 0 Å². The Balaban J connectivity index is 1.17. The van der Waals surface area contributed by atoms with Gasteiger partial charge in [-0.1, -0.05) is 12.1 Å². The first-order valence-electron chi connectivity index (χ1n) is 12.5. The van der Waals surface area contributed by atoms with E-state index < -0.39 is 17.7 Å². The lowest BCUT2D eigenvalue weighted by molar-refractivity contribution is -0.171. The van der Waals surface area contributed by atoms with Crippen LogP contribution in [0.15, 0.2) is 48.7 Å². The van der Waals surface area contributed by atoms with Crippen molar-refractivity contribution in [3.63, 3.8) is 0 Å². The number of amides is 2. The average Bonchev–Trinajstić information content (AvgIpc) is 3.34. The molecule has 2 amide bonds. The minimum atomic E-state index is -0.766. The minimum Gasteiger partial charge on any atom is -0.469 e. The van der Waals surface area contributed by atoms with Crippen molar-refractivity contribution < 1.29 is 23.1 Å². The number of halogens is 2. The first-order chi connectivity index (χ1) is 17.8. The lowest BCUT2D eigenvalue weighted by Gasteiger charge is -2.60. The van der Waals surface area contributed by atoms with Crippen LogP contribution in [-0.2, 0) is 14.9 Å². The summed E-state index contributed by atoms with van der Waals surface area (Å²) in [6.45, 7) is 0. The Morgan fingerprint density at radius 2 is 1.62 bits per heavy atom. The summed E-state index contributed by atoms with van der Waals surface area (Å²) in [5, 5.41) is 6.21. The zero-order chi connectivity index (χ0) is 25.8. The highest BCUT2D eigenvalue weighted by Crippen LogP contribution is 2.66. The van der Waals surface area contributed by atoms with Gasteiger partial charge >= 0.3 is 12.0 Å². The maximum Gasteiger partial charge on any atom is 0.323 e. The fraction of sp³-hybridized carbons (Fsp3) is 0.393. The summed E-state index contributed by atoms with van der Waals surface area (Å²) in [6, 6.07) is 9.60. The van der Waals surface area contributed by atoms with Gasteiger partial charge in [0.15, 0.2) is 0 Å². The number of hydrogen-bond donors (Lipinski definition) is 2. The standard InChI is InChI=1S/C28H27F2N3O3S/c1-36-25(34)28-12-16-6-17(13-28)11-27(10-16,15-28)24-31-14-23(37-24)18-2-4-21(5-3-18)32-26(35)33-22-8-19(29)7-20(30)9-22/h2-5,7-9,14,16-17H,6,10-13,15H2,1H3,(H2,32,33,35). The van der Waals surface area contributed by atoms with Gasteiger partial charge < -0.3 is 15.4 Å². The summed E-state index contributed by atoms with van der Waals surface area (Å²) >= 11 is 1.68. The molecule has 3 aromatic rings. The highest BCUT2D eigenvalue weighted by molar-refractivity contribution is 7.15. The van der Waals surface area contributed by atoms with Crippen molar-refractivity contribution in [3.8, 4) is 10.4 Å². The number of ether oxygens (including phenoxy) is 1. The first kappa shape index (κ1) is 24.0. The maximum absolute atomic E-state index is 13.4. The average molecular weight is 524 g/mol. The molecular formula is C28H27F2N3O3S. The molecule has 4 aliphatic carbocycles. The Bertz CT molecular complexity index is 1340. The number of benzene rings is 2. The number of carbonyl (C=O) groups excluding carboxylic acids is 2. The third kappa shape index (κ3) is 4.39. The Labute approximate surface area is 217 Å². The fourth-order valence-corrected chi connectivity index (χ4v) is 8.39. The van der Waals surface area contributed by atoms with Crippen LogP contribution in [0.25, 0.3) is 10.4 Å². The number of aromatic nitrogens is 1. The van der Waals surface area contributed by atoms with E-state index in [9.17, 15) is 18.4 Å². The molecule has 2 N–H and O–H groups in total. The Morgan fingerprint density at radius 3 is 2.27 bits per heavy atom. The number of rotatable bonds is 5. The van der Waals surface area contributed by atoms with Gasteiger partial charge in [0.2, 0.25) is 0 Å². The summed E-state index contributed by atoms with van der Waals surface area (Å²) in [7, 11) is 1.50. The molecule has 4 bridgehead atoms. The number of nitrogens with one attached hydrogen (secondary N) is 2. The monoisotopic (exact) mass is 523 g/mol. The molecule has 4 aliphatic rings. The fourth-order valence-electron chi connectivity index (χ4n) is 7.26. The predicted octanol–water partition coefficient (Wildman–Crippen LogP) is 6.74. The third-order valence-electron chi connectivity index (χ3n) is 8.19. The SMILES string of the molecule is COC(=O)C12CC3CC(C1)CC(c1ncc(-c4ccc(NC(=O)Nc5cc(F)cc(F)c5)cc4)s1)(C3)C2. The van der Waals surface area contributed by atoms with Crippen molar-refractivity contribution in [1.82, 2.24) is 4.98 Å². The quantitative estimate of drug-likeness (QED) is 0.363. The van der Waals surface area contributed by atoms with Gasteiger partial charge in [-0.2, -0.15) is 0 Å². The molecule has 1 aromatic heterocycles. The molecule has 0 spiro atoms. The number of esters is 1. The molecule has 2 aromatic carbocycles. The summed E-state index contributed by atoms with van der Waals surface area (Å²) < 4.78 is 32.0. The van der Waals surface area contributed by atoms with Crippen molar-refractivity contribution in [3.05, 3.63) is 65.3 Å². The van der Waals surface area contributed by atoms with Gasteiger partial charge in [-0.15, -0.1) is 11.3 Å². The Kier molecular flexibility index (Phi) is 5.78. The highest BCUT2D eigenvalue weighted by Gasteiger charge is 2.62. The van der Waals surface area contributed by atoms with Crippen molar-refractivity contribution >= 4 is 34.7 Å². The zero-order valence-corrected chi connectivity index (χ0v) is 21.2. The predicted molar refractivity (Wildman–Crippen MR) is 137 cm³/mol. The molecular weight excluding hydrogens is 496 g/mol. The second kappa shape index (κ2) is 8.90. The Hall–Kier alpha value is -3.33. The first-order valence-corrected chi connectivity index (χ1v) is 13.3. The van der Waals surface area contributed by atoms with Crippen LogP contribution in [0, 0.1) is 28.9 Å². The van der Waals surface area contributed by atoms with Crippen LogP contribution in [0.3, 0.4) is 0 Å². The molecule has 4 saturated carbocycles. The van der Waals surface area contributed by atoms with E-state index in [1.807, 2.05) is 18.3 Å². The third-order valence-corrected chi connectivity index (χ3v) is 9.48. The van der Waals surface area contributed by atoms with Gasteiger partial charge in [0, 0.05) is 29.1 Å². The molecule has 1 heterocycles. The second-order valence-electron chi connectivity index (χ2n) is 10.9. The number of thiazole rings is 1. The molecule has 0 radical (unpaired) electrons. The van der Waals surface area contributed by atoms with Crippen molar-refractivity contribution in [2.45, 2.75) is 43.9 Å². The molecule has 6 nitrogen and oxygen atoms in total. The van der Waals surface area contributed by atoms with Gasteiger partial charge in [0.25, 0.3) is 0 Å². The van der Waals surface area contributed by atoms with Crippen molar-refractivity contribution in [1.29, 1.82) is 0 Å². The summed E-state index contributed by atoms with van der Waals surface area (Å²) in [4.78, 5) is 30.9. The van der Waals surface area contributed by atoms with Gasteiger partial charge in [-0.05, 0) is 80.2 Å². The van der Waals surface area contributed by atoms with Crippen LogP contribution in [0.1, 0.15) is 43.5 Å². The van der Waals surface area contributed by atoms with Gasteiger partial charge in [0.05, 0.1) is 22.4 Å². The number of carbonyl (C=O) groups is 2. The highest BCUT2D eigenvalue weighted by atomic mass is 32.1. The van der Waals surface area contributed by atoms with Crippen molar-refractivity contribution in [2.75, 3.05) is 17.7 Å². The minimum absolute atomic E-state index is 0.0301. The van der Waals surface area contributed by atoms with E-state index >= 15 is 0 Å². The number of anilines is 2. The number of hydrogen-bond acceptors (Lipinski definition) is 5. The molecule has 0 aliphatic heterocycles. The molecule has 7 rings (SSSR count). The lowest BCUT2D eigenvalue weighted by atomic mass is 9.44. The maximum atomic E-state index is 13.4. The van der Waals surface area contributed by atoms with E-state index in [-0.39, 0.29) is 22.5 Å². The molecule has 37 heavy (non-hydrogen) atoms. The van der Waals surface area contributed by atoms with E-state index in [2.05, 4.69) is 10.6 Å². The molecule has 192 valence electrons. The summed E-state index contributed by atoms with van der Waals surface area (Å²) in [5.41, 5.74) is 1.13. The van der Waals surface area contributed by atoms with Crippen LogP contribution in [0.4, 0.5) is 25.0 Å².